The molecule has 0 heterocycles. The predicted molar refractivity (Wildman–Crippen MR) is 75.3 cm³/mol. The molecule has 1 rings (SSSR count). The van der Waals surface area contributed by atoms with Crippen LogP contribution in [-0.4, -0.2) is 28.1 Å². The standard InChI is InChI=1S/C15H17NO4/c1-2-3-4-5-14(18)16-13(15(19)20)10-11-6-8-12(17)9-7-11/h2-9,13,17H,10H2,1H3,(H,16,18)(H,19,20)/b3-2+,5-4+/t13-/m0/s1. The van der Waals surface area contributed by atoms with Gasteiger partial charge in [-0.1, -0.05) is 30.4 Å². The summed E-state index contributed by atoms with van der Waals surface area (Å²) in [6.45, 7) is 1.81. The second-order valence-corrected chi connectivity index (χ2v) is 4.15. The van der Waals surface area contributed by atoms with Crippen molar-refractivity contribution in [2.24, 2.45) is 0 Å². The van der Waals surface area contributed by atoms with Crippen LogP contribution >= 0.6 is 0 Å². The molecule has 106 valence electrons. The van der Waals surface area contributed by atoms with Gasteiger partial charge in [0.05, 0.1) is 0 Å². The number of hydrogen-bond donors (Lipinski definition) is 3. The van der Waals surface area contributed by atoms with Crippen molar-refractivity contribution < 1.29 is 19.8 Å². The second kappa shape index (κ2) is 7.78. The maximum atomic E-state index is 11.5. The number of amides is 1. The summed E-state index contributed by atoms with van der Waals surface area (Å²) in [5, 5.41) is 20.7. The maximum absolute atomic E-state index is 11.5. The van der Waals surface area contributed by atoms with Gasteiger partial charge in [-0.25, -0.2) is 4.79 Å². The molecule has 0 radical (unpaired) electrons. The van der Waals surface area contributed by atoms with E-state index in [1.807, 2.05) is 6.92 Å². The number of carbonyl (C=O) groups excluding carboxylic acids is 1. The zero-order valence-corrected chi connectivity index (χ0v) is 11.1. The summed E-state index contributed by atoms with van der Waals surface area (Å²) < 4.78 is 0. The van der Waals surface area contributed by atoms with E-state index >= 15 is 0 Å². The Morgan fingerprint density at radius 3 is 2.45 bits per heavy atom. The largest absolute Gasteiger partial charge is 0.508 e. The van der Waals surface area contributed by atoms with E-state index in [4.69, 9.17) is 10.2 Å². The number of hydrogen-bond acceptors (Lipinski definition) is 3. The first-order chi connectivity index (χ1) is 9.52. The molecule has 5 heteroatoms. The van der Waals surface area contributed by atoms with Gasteiger partial charge in [0.2, 0.25) is 5.91 Å². The topological polar surface area (TPSA) is 86.6 Å². The van der Waals surface area contributed by atoms with Crippen molar-refractivity contribution in [2.75, 3.05) is 0 Å². The van der Waals surface area contributed by atoms with E-state index in [9.17, 15) is 9.59 Å². The second-order valence-electron chi connectivity index (χ2n) is 4.15. The Morgan fingerprint density at radius 2 is 1.90 bits per heavy atom. The Kier molecular flexibility index (Phi) is 6.03. The highest BCUT2D eigenvalue weighted by molar-refractivity contribution is 5.91. The van der Waals surface area contributed by atoms with Gasteiger partial charge in [-0.2, -0.15) is 0 Å². The average Bonchev–Trinajstić information content (AvgIpc) is 2.40. The number of benzene rings is 1. The molecule has 0 fully saturated rings. The first-order valence-electron chi connectivity index (χ1n) is 6.13. The van der Waals surface area contributed by atoms with E-state index < -0.39 is 17.9 Å². The van der Waals surface area contributed by atoms with E-state index in [0.29, 0.717) is 5.56 Å². The van der Waals surface area contributed by atoms with Gasteiger partial charge in [0.15, 0.2) is 0 Å². The first-order valence-corrected chi connectivity index (χ1v) is 6.13. The van der Waals surface area contributed by atoms with E-state index in [2.05, 4.69) is 5.32 Å². The molecular formula is C15H17NO4. The monoisotopic (exact) mass is 275 g/mol. The van der Waals surface area contributed by atoms with Crippen LogP contribution in [-0.2, 0) is 16.0 Å². The van der Waals surface area contributed by atoms with Crippen LogP contribution in [0.2, 0.25) is 0 Å². The molecule has 1 aromatic carbocycles. The Bertz CT molecular complexity index is 517. The number of carbonyl (C=O) groups is 2. The van der Waals surface area contributed by atoms with Crippen LogP contribution in [0.5, 0.6) is 5.75 Å². The van der Waals surface area contributed by atoms with E-state index in [-0.39, 0.29) is 12.2 Å². The Balaban J connectivity index is 2.67. The molecule has 0 saturated carbocycles. The highest BCUT2D eigenvalue weighted by Crippen LogP contribution is 2.11. The third kappa shape index (κ3) is 5.39. The van der Waals surface area contributed by atoms with Crippen molar-refractivity contribution in [1.29, 1.82) is 0 Å². The Labute approximate surface area is 117 Å². The first kappa shape index (κ1) is 15.5. The van der Waals surface area contributed by atoms with E-state index in [1.165, 1.54) is 24.3 Å². The van der Waals surface area contributed by atoms with Gasteiger partial charge in [-0.05, 0) is 24.6 Å². The number of carboxylic acids is 1. The van der Waals surface area contributed by atoms with Crippen molar-refractivity contribution in [3.05, 3.63) is 54.1 Å². The minimum atomic E-state index is -1.11. The van der Waals surface area contributed by atoms with Gasteiger partial charge in [0.1, 0.15) is 11.8 Å². The lowest BCUT2D eigenvalue weighted by Gasteiger charge is -2.13. The predicted octanol–water partition coefficient (Wildman–Crippen LogP) is 1.64. The summed E-state index contributed by atoms with van der Waals surface area (Å²) in [6, 6.07) is 5.17. The molecule has 1 amide bonds. The highest BCUT2D eigenvalue weighted by atomic mass is 16.4. The number of aliphatic carboxylic acids is 1. The zero-order valence-electron chi connectivity index (χ0n) is 11.1. The van der Waals surface area contributed by atoms with Crippen LogP contribution in [0.15, 0.2) is 48.6 Å². The molecular weight excluding hydrogens is 258 g/mol. The summed E-state index contributed by atoms with van der Waals surface area (Å²) in [6.07, 6.45) is 6.39. The third-order valence-electron chi connectivity index (χ3n) is 2.54. The van der Waals surface area contributed by atoms with Crippen LogP contribution < -0.4 is 5.32 Å². The molecule has 0 aliphatic carbocycles. The van der Waals surface area contributed by atoms with Gasteiger partial charge in [-0.3, -0.25) is 4.79 Å². The lowest BCUT2D eigenvalue weighted by Crippen LogP contribution is -2.41. The molecule has 5 nitrogen and oxygen atoms in total. The number of nitrogens with one attached hydrogen (secondary N) is 1. The summed E-state index contributed by atoms with van der Waals surface area (Å²) in [5.41, 5.74) is 0.716. The number of phenolic OH excluding ortho intramolecular Hbond substituents is 1. The van der Waals surface area contributed by atoms with Gasteiger partial charge in [0.25, 0.3) is 0 Å². The molecule has 0 spiro atoms. The van der Waals surface area contributed by atoms with Crippen LogP contribution in [0, 0.1) is 0 Å². The minimum absolute atomic E-state index is 0.110. The van der Waals surface area contributed by atoms with Gasteiger partial charge in [0, 0.05) is 12.5 Å². The molecule has 0 bridgehead atoms. The van der Waals surface area contributed by atoms with E-state index in [0.717, 1.165) is 0 Å². The maximum Gasteiger partial charge on any atom is 0.326 e. The lowest BCUT2D eigenvalue weighted by molar-refractivity contribution is -0.141. The summed E-state index contributed by atoms with van der Waals surface area (Å²) in [4.78, 5) is 22.7. The Hall–Kier alpha value is -2.56. The molecule has 3 N–H and O–H groups in total. The van der Waals surface area contributed by atoms with Gasteiger partial charge < -0.3 is 15.5 Å². The van der Waals surface area contributed by atoms with Gasteiger partial charge >= 0.3 is 5.97 Å². The molecule has 0 aromatic heterocycles. The zero-order chi connectivity index (χ0) is 15.0. The van der Waals surface area contributed by atoms with Crippen molar-refractivity contribution in [3.63, 3.8) is 0 Å². The number of allylic oxidation sites excluding steroid dienone is 3. The molecule has 20 heavy (non-hydrogen) atoms. The molecule has 1 atom stereocenters. The van der Waals surface area contributed by atoms with Crippen LogP contribution in [0.3, 0.4) is 0 Å². The quantitative estimate of drug-likeness (QED) is 0.544. The number of rotatable bonds is 6. The van der Waals surface area contributed by atoms with Gasteiger partial charge in [-0.15, -0.1) is 0 Å². The molecule has 0 aliphatic heterocycles. The van der Waals surface area contributed by atoms with Crippen molar-refractivity contribution in [3.8, 4) is 5.75 Å². The molecule has 1 aromatic rings. The van der Waals surface area contributed by atoms with Crippen molar-refractivity contribution in [1.82, 2.24) is 5.32 Å². The lowest BCUT2D eigenvalue weighted by atomic mass is 10.1. The fourth-order valence-corrected chi connectivity index (χ4v) is 1.54. The van der Waals surface area contributed by atoms with Crippen LogP contribution in [0.25, 0.3) is 0 Å². The fraction of sp³-hybridized carbons (Fsp3) is 0.200. The number of carboxylic acid groups (broad SMARTS) is 1. The smallest absolute Gasteiger partial charge is 0.326 e. The Morgan fingerprint density at radius 1 is 1.25 bits per heavy atom. The van der Waals surface area contributed by atoms with E-state index in [1.54, 1.807) is 24.3 Å². The van der Waals surface area contributed by atoms with Crippen molar-refractivity contribution in [2.45, 2.75) is 19.4 Å². The minimum Gasteiger partial charge on any atom is -0.508 e. The fourth-order valence-electron chi connectivity index (χ4n) is 1.54. The van der Waals surface area contributed by atoms with Crippen LogP contribution in [0.1, 0.15) is 12.5 Å². The normalized spacial score (nSPS) is 12.7. The highest BCUT2D eigenvalue weighted by Gasteiger charge is 2.19. The molecule has 0 saturated heterocycles. The molecule has 0 unspecified atom stereocenters. The average molecular weight is 275 g/mol. The summed E-state index contributed by atoms with van der Waals surface area (Å²) in [7, 11) is 0. The number of aromatic hydroxyl groups is 1. The third-order valence-corrected chi connectivity index (χ3v) is 2.54. The van der Waals surface area contributed by atoms with Crippen molar-refractivity contribution >= 4 is 11.9 Å². The van der Waals surface area contributed by atoms with Crippen LogP contribution in [0.4, 0.5) is 0 Å². The molecule has 0 aliphatic rings. The number of phenols is 1. The summed E-state index contributed by atoms with van der Waals surface area (Å²) >= 11 is 0. The summed E-state index contributed by atoms with van der Waals surface area (Å²) in [5.74, 6) is -1.46. The SMILES string of the molecule is C/C=C/C=C/C(=O)N[C@@H](Cc1ccc(O)cc1)C(=O)O.